The molecule has 0 radical (unpaired) electrons. The topological polar surface area (TPSA) is 194 Å². The highest BCUT2D eigenvalue weighted by molar-refractivity contribution is 6.02. The van der Waals surface area contributed by atoms with E-state index in [0.717, 1.165) is 93.4 Å². The average Bonchev–Trinajstić information content (AvgIpc) is 3.77. The van der Waals surface area contributed by atoms with Crippen LogP contribution >= 0.6 is 0 Å². The molecule has 1 unspecified atom stereocenters. The first-order chi connectivity index (χ1) is 29.2. The quantitative estimate of drug-likeness (QED) is 0.0179. The number of nitrogens with two attached hydrogens (primary N) is 1. The minimum absolute atomic E-state index is 0.122. The van der Waals surface area contributed by atoms with Crippen molar-refractivity contribution in [2.75, 3.05) is 76.7 Å². The molecule has 3 heterocycles. The average molecular weight is 824 g/mol. The Hall–Kier alpha value is -5.58. The molecule has 0 spiro atoms. The number of aromatic amines is 1. The zero-order valence-corrected chi connectivity index (χ0v) is 38.3. The van der Waals surface area contributed by atoms with Crippen LogP contribution in [0.4, 0.5) is 11.5 Å². The normalized spacial score (nSPS) is 11.9. The Bertz CT molecular complexity index is 1740. The number of aliphatic imine (C=N–C) groups is 1. The number of amidine groups is 1. The Morgan fingerprint density at radius 2 is 1.78 bits per heavy atom. The lowest BCUT2D eigenvalue weighted by Gasteiger charge is -2.29. The molecular weight excluding hydrogens is 747 g/mol. The molecule has 3 aromatic rings. The van der Waals surface area contributed by atoms with Gasteiger partial charge in [-0.2, -0.15) is 5.26 Å². The number of pyridine rings is 2. The van der Waals surface area contributed by atoms with E-state index in [1.807, 2.05) is 85.3 Å². The van der Waals surface area contributed by atoms with Gasteiger partial charge in [-0.3, -0.25) is 14.9 Å². The second-order valence-corrected chi connectivity index (χ2v) is 13.4. The number of likely N-dealkylation sites (N-methyl/N-ethyl adjacent to an activating group) is 2. The molecule has 0 saturated heterocycles. The summed E-state index contributed by atoms with van der Waals surface area (Å²) in [7, 11) is 3.90. The molecule has 8 N–H and O–H groups in total. The van der Waals surface area contributed by atoms with Crippen molar-refractivity contribution in [2.24, 2.45) is 16.6 Å². The number of hydrogen-bond donors (Lipinski definition) is 7. The number of nitrogens with zero attached hydrogens (tertiary/aromatic N) is 6. The fourth-order valence-corrected chi connectivity index (χ4v) is 6.34. The number of anilines is 2. The number of hydrogen-bond acceptors (Lipinski definition) is 11. The summed E-state index contributed by atoms with van der Waals surface area (Å²) >= 11 is 0. The molecule has 3 rings (SSSR count). The van der Waals surface area contributed by atoms with Gasteiger partial charge in [0.25, 0.3) is 0 Å². The van der Waals surface area contributed by atoms with E-state index in [9.17, 15) is 5.26 Å². The van der Waals surface area contributed by atoms with Crippen LogP contribution in [0.5, 0.6) is 0 Å². The number of nitrogens with one attached hydrogen (secondary N) is 6. The third-order valence-corrected chi connectivity index (χ3v) is 9.69. The molecule has 2 atom stereocenters. The van der Waals surface area contributed by atoms with Gasteiger partial charge in [0.2, 0.25) is 0 Å². The number of aromatic nitrogens is 3. The highest BCUT2D eigenvalue weighted by atomic mass is 15.2. The van der Waals surface area contributed by atoms with Crippen molar-refractivity contribution in [3.05, 3.63) is 90.1 Å². The minimum Gasteiger partial charge on any atom is -0.391 e. The van der Waals surface area contributed by atoms with Gasteiger partial charge < -0.3 is 42.4 Å². The van der Waals surface area contributed by atoms with Gasteiger partial charge in [-0.1, -0.05) is 59.8 Å². The van der Waals surface area contributed by atoms with E-state index in [1.165, 1.54) is 11.8 Å². The van der Waals surface area contributed by atoms with E-state index >= 15 is 0 Å². The molecule has 0 aliphatic rings. The highest BCUT2D eigenvalue weighted by Gasteiger charge is 2.18. The zero-order chi connectivity index (χ0) is 45.3. The van der Waals surface area contributed by atoms with E-state index in [0.29, 0.717) is 35.2 Å². The van der Waals surface area contributed by atoms with Gasteiger partial charge in [-0.25, -0.2) is 4.98 Å². The fraction of sp³-hybridized carbons (Fsp3) is 0.489. The van der Waals surface area contributed by atoms with Crippen molar-refractivity contribution >= 4 is 36.3 Å². The molecule has 0 bridgehead atoms. The van der Waals surface area contributed by atoms with E-state index in [2.05, 4.69) is 87.6 Å². The van der Waals surface area contributed by atoms with Gasteiger partial charge in [-0.15, -0.1) is 6.58 Å². The highest BCUT2D eigenvalue weighted by Crippen LogP contribution is 2.28. The molecule has 60 heavy (non-hydrogen) atoms. The molecule has 13 nitrogen and oxygen atoms in total. The lowest BCUT2D eigenvalue weighted by atomic mass is 9.92. The third kappa shape index (κ3) is 19.0. The van der Waals surface area contributed by atoms with Crippen molar-refractivity contribution in [1.82, 2.24) is 30.5 Å². The summed E-state index contributed by atoms with van der Waals surface area (Å²) in [5, 5.41) is 31.9. The Morgan fingerprint density at radius 3 is 2.37 bits per heavy atom. The number of rotatable bonds is 26. The van der Waals surface area contributed by atoms with Crippen LogP contribution < -0.4 is 26.6 Å². The largest absolute Gasteiger partial charge is 0.391 e. The molecule has 13 heteroatoms. The standard InChI is InChI=1S/C42H62N12.2C2H6.CH3N/c1-8-11-12-36(32(5)47-7)34-13-16-41(51-28-34)54(10-3)22-17-33(9-2)30-53(23-20-46-6)24-21-49-42(45)37-29-50-40(26-39(37)48-19-18-43)38-15-14-35(52-38)25-31(4)27-44;3*1-2/h8,13-16,25-29,33,36,44,46-47,52H,1,5,9-12,17,19-24,30H2,2-4,6-7H3,(H2,45,49)(H,48,50);2*1-2H3;2H,1H2/b31-25-,44-27?;;;/t33?,36-;;;/m0.../s1. The molecule has 3 aromatic heterocycles. The fourth-order valence-electron chi connectivity index (χ4n) is 6.34. The Labute approximate surface area is 362 Å². The molecule has 0 aliphatic heterocycles. The first-order valence-corrected chi connectivity index (χ1v) is 21.4. The van der Waals surface area contributed by atoms with Crippen LogP contribution in [0.1, 0.15) is 96.9 Å². The lowest BCUT2D eigenvalue weighted by molar-refractivity contribution is 0.228. The van der Waals surface area contributed by atoms with Crippen LogP contribution in [-0.4, -0.2) is 105 Å². The summed E-state index contributed by atoms with van der Waals surface area (Å²) in [6, 6.07) is 12.3. The predicted molar refractivity (Wildman–Crippen MR) is 260 cm³/mol. The maximum Gasteiger partial charge on any atom is 0.129 e. The van der Waals surface area contributed by atoms with E-state index in [1.54, 1.807) is 6.20 Å². The Kier molecular flexibility index (Phi) is 30.2. The van der Waals surface area contributed by atoms with Crippen molar-refractivity contribution in [2.45, 2.75) is 80.1 Å². The Balaban J connectivity index is 0.00000554. The van der Waals surface area contributed by atoms with E-state index in [-0.39, 0.29) is 12.5 Å². The Morgan fingerprint density at radius 1 is 1.05 bits per heavy atom. The van der Waals surface area contributed by atoms with Crippen molar-refractivity contribution in [3.8, 4) is 17.5 Å². The molecule has 330 valence electrons. The van der Waals surface area contributed by atoms with Gasteiger partial charge in [0.1, 0.15) is 18.2 Å². The van der Waals surface area contributed by atoms with Crippen LogP contribution in [0.25, 0.3) is 17.5 Å². The number of allylic oxidation sites excluding steroid dienone is 3. The van der Waals surface area contributed by atoms with Crippen molar-refractivity contribution in [3.63, 3.8) is 0 Å². The van der Waals surface area contributed by atoms with Gasteiger partial charge in [0.05, 0.1) is 29.6 Å². The predicted octanol–water partition coefficient (Wildman–Crippen LogP) is 8.73. The lowest BCUT2D eigenvalue weighted by Crippen LogP contribution is -2.38. The molecule has 0 aromatic carbocycles. The van der Waals surface area contributed by atoms with Crippen LogP contribution in [0.2, 0.25) is 0 Å². The smallest absolute Gasteiger partial charge is 0.129 e. The van der Waals surface area contributed by atoms with Crippen LogP contribution in [0.15, 0.2) is 78.2 Å². The summed E-state index contributed by atoms with van der Waals surface area (Å²) in [5.41, 5.74) is 13.3. The number of nitriles is 1. The maximum absolute atomic E-state index is 9.29. The van der Waals surface area contributed by atoms with Gasteiger partial charge in [-0.05, 0) is 94.3 Å². The minimum atomic E-state index is 0.122. The van der Waals surface area contributed by atoms with E-state index in [4.69, 9.17) is 26.5 Å². The summed E-state index contributed by atoms with van der Waals surface area (Å²) < 4.78 is 0. The van der Waals surface area contributed by atoms with Crippen molar-refractivity contribution in [1.29, 1.82) is 16.1 Å². The van der Waals surface area contributed by atoms with Crippen LogP contribution in [-0.2, 0) is 0 Å². The SMILES string of the molecule is C=CCC[C@@H](C(=C)NC)c1ccc(N(CC)CCC(CC)CN(CCN=C(N)c2cnc(-c3ccc(/C=C(/C)C=N)[nH]3)cc2NCC#N)CCNC)nc1.C=N.CC.CC. The second-order valence-electron chi connectivity index (χ2n) is 13.4. The summed E-state index contributed by atoms with van der Waals surface area (Å²) in [6.07, 6.45) is 12.9. The maximum atomic E-state index is 9.29. The summed E-state index contributed by atoms with van der Waals surface area (Å²) in [6.45, 7) is 30.9. The van der Waals surface area contributed by atoms with Gasteiger partial charge in [0, 0.05) is 87.9 Å². The van der Waals surface area contributed by atoms with Crippen LogP contribution in [0, 0.1) is 28.1 Å². The first-order valence-electron chi connectivity index (χ1n) is 21.4. The monoisotopic (exact) mass is 824 g/mol. The van der Waals surface area contributed by atoms with E-state index < -0.39 is 0 Å². The van der Waals surface area contributed by atoms with Crippen LogP contribution in [0.3, 0.4) is 0 Å². The second kappa shape index (κ2) is 33.3. The molecule has 0 amide bonds. The first kappa shape index (κ1) is 54.4. The van der Waals surface area contributed by atoms with Crippen molar-refractivity contribution < 1.29 is 0 Å². The molecule has 0 aliphatic carbocycles. The molecule has 0 saturated carbocycles. The third-order valence-electron chi connectivity index (χ3n) is 9.69. The zero-order valence-electron chi connectivity index (χ0n) is 38.3. The summed E-state index contributed by atoms with van der Waals surface area (Å²) in [5.74, 6) is 2.09. The molecule has 0 fully saturated rings. The van der Waals surface area contributed by atoms with Gasteiger partial charge in [0.15, 0.2) is 0 Å². The van der Waals surface area contributed by atoms with Gasteiger partial charge >= 0.3 is 0 Å². The summed E-state index contributed by atoms with van der Waals surface area (Å²) in [4.78, 5) is 22.5. The number of H-pyrrole nitrogens is 1. The molecular formula is C47H77N13.